The third kappa shape index (κ3) is 4.78. The van der Waals surface area contributed by atoms with E-state index in [1.54, 1.807) is 0 Å². The lowest BCUT2D eigenvalue weighted by molar-refractivity contribution is 0.100. The molecular weight excluding hydrogens is 274 g/mol. The van der Waals surface area contributed by atoms with Gasteiger partial charge in [-0.15, -0.1) is 12.4 Å². The van der Waals surface area contributed by atoms with E-state index in [9.17, 15) is 4.79 Å². The SMILES string of the molecule is CNCC1CCCN(Cc2ccc(C(N)=O)cc2)C1.Cl. The Kier molecular flexibility index (Phi) is 6.99. The lowest BCUT2D eigenvalue weighted by Crippen LogP contribution is -2.38. The second-order valence-electron chi connectivity index (χ2n) is 5.36. The summed E-state index contributed by atoms with van der Waals surface area (Å²) in [5.74, 6) is 0.391. The van der Waals surface area contributed by atoms with Gasteiger partial charge in [-0.3, -0.25) is 9.69 Å². The Labute approximate surface area is 127 Å². The number of rotatable bonds is 5. The minimum atomic E-state index is -0.362. The van der Waals surface area contributed by atoms with Crippen LogP contribution >= 0.6 is 12.4 Å². The first kappa shape index (κ1) is 17.0. The largest absolute Gasteiger partial charge is 0.366 e. The predicted octanol–water partition coefficient (Wildman–Crippen LogP) is 1.64. The van der Waals surface area contributed by atoms with Crippen LogP contribution in [0.15, 0.2) is 24.3 Å². The van der Waals surface area contributed by atoms with Crippen molar-refractivity contribution < 1.29 is 4.79 Å². The van der Waals surface area contributed by atoms with Crippen molar-refractivity contribution in [1.29, 1.82) is 0 Å². The average molecular weight is 298 g/mol. The first-order valence-electron chi connectivity index (χ1n) is 6.94. The maximum Gasteiger partial charge on any atom is 0.248 e. The Balaban J connectivity index is 0.00000200. The van der Waals surface area contributed by atoms with E-state index in [2.05, 4.69) is 10.2 Å². The van der Waals surface area contributed by atoms with Gasteiger partial charge in [0.25, 0.3) is 0 Å². The van der Waals surface area contributed by atoms with Crippen molar-refractivity contribution in [2.45, 2.75) is 19.4 Å². The van der Waals surface area contributed by atoms with Crippen LogP contribution < -0.4 is 11.1 Å². The van der Waals surface area contributed by atoms with E-state index < -0.39 is 0 Å². The number of primary amides is 1. The van der Waals surface area contributed by atoms with Crippen molar-refractivity contribution in [2.24, 2.45) is 11.7 Å². The van der Waals surface area contributed by atoms with Crippen LogP contribution in [-0.4, -0.2) is 37.5 Å². The number of hydrogen-bond donors (Lipinski definition) is 2. The third-order valence-corrected chi connectivity index (χ3v) is 3.74. The highest BCUT2D eigenvalue weighted by Crippen LogP contribution is 2.18. The normalized spacial score (nSPS) is 19.4. The number of carbonyl (C=O) groups excluding carboxylic acids is 1. The fourth-order valence-electron chi connectivity index (χ4n) is 2.78. The van der Waals surface area contributed by atoms with Gasteiger partial charge in [0.05, 0.1) is 0 Å². The Morgan fingerprint density at radius 3 is 2.70 bits per heavy atom. The van der Waals surface area contributed by atoms with Gasteiger partial charge in [0.15, 0.2) is 0 Å². The molecule has 5 heteroatoms. The number of nitrogens with zero attached hydrogens (tertiary/aromatic N) is 1. The van der Waals surface area contributed by atoms with E-state index in [-0.39, 0.29) is 18.3 Å². The van der Waals surface area contributed by atoms with Crippen LogP contribution in [0.4, 0.5) is 0 Å². The van der Waals surface area contributed by atoms with Crippen molar-refractivity contribution in [3.05, 3.63) is 35.4 Å². The highest BCUT2D eigenvalue weighted by atomic mass is 35.5. The van der Waals surface area contributed by atoms with E-state index in [4.69, 9.17) is 5.73 Å². The molecule has 112 valence electrons. The third-order valence-electron chi connectivity index (χ3n) is 3.74. The van der Waals surface area contributed by atoms with E-state index in [1.165, 1.54) is 18.4 Å². The summed E-state index contributed by atoms with van der Waals surface area (Å²) in [7, 11) is 2.02. The van der Waals surface area contributed by atoms with Gasteiger partial charge in [-0.1, -0.05) is 12.1 Å². The summed E-state index contributed by atoms with van der Waals surface area (Å²) in [6.45, 7) is 4.37. The van der Waals surface area contributed by atoms with Crippen LogP contribution in [-0.2, 0) is 6.54 Å². The number of nitrogens with two attached hydrogens (primary N) is 1. The first-order valence-corrected chi connectivity index (χ1v) is 6.94. The number of likely N-dealkylation sites (tertiary alicyclic amines) is 1. The van der Waals surface area contributed by atoms with E-state index in [0.717, 1.165) is 32.1 Å². The van der Waals surface area contributed by atoms with Gasteiger partial charge in [0.2, 0.25) is 5.91 Å². The van der Waals surface area contributed by atoms with Crippen LogP contribution in [0.3, 0.4) is 0 Å². The van der Waals surface area contributed by atoms with Crippen LogP contribution in [0, 0.1) is 5.92 Å². The van der Waals surface area contributed by atoms with Gasteiger partial charge in [0.1, 0.15) is 0 Å². The van der Waals surface area contributed by atoms with Gasteiger partial charge in [-0.25, -0.2) is 0 Å². The Morgan fingerprint density at radius 1 is 1.40 bits per heavy atom. The van der Waals surface area contributed by atoms with Crippen molar-refractivity contribution in [3.8, 4) is 0 Å². The molecule has 1 atom stereocenters. The number of benzene rings is 1. The first-order chi connectivity index (χ1) is 9.19. The number of piperidine rings is 1. The van der Waals surface area contributed by atoms with Crippen LogP contribution in [0.1, 0.15) is 28.8 Å². The minimum Gasteiger partial charge on any atom is -0.366 e. The molecule has 0 aromatic heterocycles. The molecule has 1 unspecified atom stereocenters. The van der Waals surface area contributed by atoms with Crippen molar-refractivity contribution in [3.63, 3.8) is 0 Å². The molecule has 0 bridgehead atoms. The number of nitrogens with one attached hydrogen (secondary N) is 1. The second-order valence-corrected chi connectivity index (χ2v) is 5.36. The zero-order chi connectivity index (χ0) is 13.7. The standard InChI is InChI=1S/C15H23N3O.ClH/c1-17-9-13-3-2-8-18(11-13)10-12-4-6-14(7-5-12)15(16)19;/h4-7,13,17H,2-3,8-11H2,1H3,(H2,16,19);1H. The van der Waals surface area contributed by atoms with E-state index >= 15 is 0 Å². The molecule has 0 saturated carbocycles. The fourth-order valence-corrected chi connectivity index (χ4v) is 2.78. The Hall–Kier alpha value is -1.10. The second kappa shape index (κ2) is 8.25. The molecule has 1 saturated heterocycles. The maximum absolute atomic E-state index is 11.0. The molecule has 1 aromatic carbocycles. The molecule has 1 aliphatic heterocycles. The van der Waals surface area contributed by atoms with Crippen LogP contribution in [0.5, 0.6) is 0 Å². The van der Waals surface area contributed by atoms with Gasteiger partial charge >= 0.3 is 0 Å². The number of halogens is 1. The molecule has 3 N–H and O–H groups in total. The molecule has 1 amide bonds. The van der Waals surface area contributed by atoms with Crippen molar-refractivity contribution in [2.75, 3.05) is 26.7 Å². The molecule has 4 nitrogen and oxygen atoms in total. The van der Waals surface area contributed by atoms with Gasteiger partial charge < -0.3 is 11.1 Å². The topological polar surface area (TPSA) is 58.4 Å². The molecule has 1 fully saturated rings. The summed E-state index contributed by atoms with van der Waals surface area (Å²) in [5, 5.41) is 3.26. The number of hydrogen-bond acceptors (Lipinski definition) is 3. The molecule has 20 heavy (non-hydrogen) atoms. The minimum absolute atomic E-state index is 0. The van der Waals surface area contributed by atoms with E-state index in [0.29, 0.717) is 5.56 Å². The van der Waals surface area contributed by atoms with Crippen LogP contribution in [0.25, 0.3) is 0 Å². The molecular formula is C15H24ClN3O. The quantitative estimate of drug-likeness (QED) is 0.869. The lowest BCUT2D eigenvalue weighted by Gasteiger charge is -2.32. The molecule has 0 radical (unpaired) electrons. The zero-order valence-corrected chi connectivity index (χ0v) is 12.8. The number of carbonyl (C=O) groups is 1. The summed E-state index contributed by atoms with van der Waals surface area (Å²) in [6, 6.07) is 7.63. The lowest BCUT2D eigenvalue weighted by atomic mass is 9.97. The van der Waals surface area contributed by atoms with Crippen LogP contribution in [0.2, 0.25) is 0 Å². The summed E-state index contributed by atoms with van der Waals surface area (Å²) < 4.78 is 0. The highest BCUT2D eigenvalue weighted by Gasteiger charge is 2.19. The zero-order valence-electron chi connectivity index (χ0n) is 12.0. The van der Waals surface area contributed by atoms with Gasteiger partial charge in [-0.2, -0.15) is 0 Å². The fraction of sp³-hybridized carbons (Fsp3) is 0.533. The smallest absolute Gasteiger partial charge is 0.248 e. The molecule has 0 spiro atoms. The summed E-state index contributed by atoms with van der Waals surface area (Å²) in [5.41, 5.74) is 7.07. The van der Waals surface area contributed by atoms with Crippen molar-refractivity contribution >= 4 is 18.3 Å². The maximum atomic E-state index is 11.0. The summed E-state index contributed by atoms with van der Waals surface area (Å²) >= 11 is 0. The average Bonchev–Trinajstić information content (AvgIpc) is 2.40. The van der Waals surface area contributed by atoms with Gasteiger partial charge in [-0.05, 0) is 56.6 Å². The molecule has 0 aliphatic carbocycles. The predicted molar refractivity (Wildman–Crippen MR) is 84.1 cm³/mol. The molecule has 1 aromatic rings. The number of amides is 1. The molecule has 1 aliphatic rings. The highest BCUT2D eigenvalue weighted by molar-refractivity contribution is 5.92. The Bertz CT molecular complexity index is 420. The summed E-state index contributed by atoms with van der Waals surface area (Å²) in [6.07, 6.45) is 2.59. The summed E-state index contributed by atoms with van der Waals surface area (Å²) in [4.78, 5) is 13.5. The van der Waals surface area contributed by atoms with Gasteiger partial charge in [0, 0.05) is 18.7 Å². The Morgan fingerprint density at radius 2 is 2.10 bits per heavy atom. The van der Waals surface area contributed by atoms with Crippen molar-refractivity contribution in [1.82, 2.24) is 10.2 Å². The molecule has 2 rings (SSSR count). The molecule has 1 heterocycles. The van der Waals surface area contributed by atoms with E-state index in [1.807, 2.05) is 31.3 Å². The monoisotopic (exact) mass is 297 g/mol.